The maximum absolute atomic E-state index is 5.24. The van der Waals surface area contributed by atoms with E-state index in [-0.39, 0.29) is 5.54 Å². The molecule has 0 radical (unpaired) electrons. The van der Waals surface area contributed by atoms with Crippen molar-refractivity contribution in [2.45, 2.75) is 65.0 Å². The molecule has 0 aromatic carbocycles. The SMILES string of the molecule is Cc1noc(CC2CCCCN2C(C)(C)C)n1. The first-order chi connectivity index (χ1) is 7.97. The Bertz CT molecular complexity index is 367. The maximum Gasteiger partial charge on any atom is 0.228 e. The van der Waals surface area contributed by atoms with Gasteiger partial charge in [-0.05, 0) is 47.1 Å². The van der Waals surface area contributed by atoms with Crippen molar-refractivity contribution in [2.75, 3.05) is 6.54 Å². The second-order valence-corrected chi connectivity index (χ2v) is 5.95. The minimum atomic E-state index is 0.222. The zero-order valence-electron chi connectivity index (χ0n) is 11.4. The van der Waals surface area contributed by atoms with Crippen LogP contribution in [-0.2, 0) is 6.42 Å². The van der Waals surface area contributed by atoms with Crippen LogP contribution in [0, 0.1) is 6.92 Å². The van der Waals surface area contributed by atoms with Crippen molar-refractivity contribution in [3.05, 3.63) is 11.7 Å². The smallest absolute Gasteiger partial charge is 0.228 e. The van der Waals surface area contributed by atoms with Crippen LogP contribution in [0.25, 0.3) is 0 Å². The highest BCUT2D eigenvalue weighted by Gasteiger charge is 2.31. The number of nitrogens with zero attached hydrogens (tertiary/aromatic N) is 3. The van der Waals surface area contributed by atoms with E-state index in [9.17, 15) is 0 Å². The van der Waals surface area contributed by atoms with Crippen LogP contribution in [0.4, 0.5) is 0 Å². The summed E-state index contributed by atoms with van der Waals surface area (Å²) in [5.74, 6) is 1.52. The zero-order chi connectivity index (χ0) is 12.5. The van der Waals surface area contributed by atoms with Gasteiger partial charge in [-0.15, -0.1) is 0 Å². The normalized spacial score (nSPS) is 22.9. The van der Waals surface area contributed by atoms with Gasteiger partial charge in [-0.3, -0.25) is 4.90 Å². The number of piperidine rings is 1. The summed E-state index contributed by atoms with van der Waals surface area (Å²) in [5.41, 5.74) is 0.222. The monoisotopic (exact) mass is 237 g/mol. The fourth-order valence-corrected chi connectivity index (χ4v) is 2.72. The fourth-order valence-electron chi connectivity index (χ4n) is 2.72. The fraction of sp³-hybridized carbons (Fsp3) is 0.846. The minimum Gasteiger partial charge on any atom is -0.339 e. The molecule has 1 fully saturated rings. The van der Waals surface area contributed by atoms with Gasteiger partial charge in [0.25, 0.3) is 0 Å². The summed E-state index contributed by atoms with van der Waals surface area (Å²) in [5, 5.41) is 3.86. The Morgan fingerprint density at radius 2 is 2.12 bits per heavy atom. The summed E-state index contributed by atoms with van der Waals surface area (Å²) in [6.07, 6.45) is 4.73. The van der Waals surface area contributed by atoms with Gasteiger partial charge in [0.15, 0.2) is 5.82 Å². The average Bonchev–Trinajstić information content (AvgIpc) is 2.63. The van der Waals surface area contributed by atoms with Crippen molar-refractivity contribution in [1.82, 2.24) is 15.0 Å². The van der Waals surface area contributed by atoms with Crippen LogP contribution in [-0.4, -0.2) is 33.2 Å². The Hall–Kier alpha value is -0.900. The molecule has 4 heteroatoms. The quantitative estimate of drug-likeness (QED) is 0.793. The largest absolute Gasteiger partial charge is 0.339 e. The van der Waals surface area contributed by atoms with Gasteiger partial charge in [-0.25, -0.2) is 0 Å². The first-order valence-corrected chi connectivity index (χ1v) is 6.53. The van der Waals surface area contributed by atoms with Gasteiger partial charge in [0.2, 0.25) is 5.89 Å². The summed E-state index contributed by atoms with van der Waals surface area (Å²) in [4.78, 5) is 6.90. The molecular formula is C13H23N3O. The molecule has 2 rings (SSSR count). The van der Waals surface area contributed by atoms with E-state index < -0.39 is 0 Å². The topological polar surface area (TPSA) is 42.2 Å². The molecule has 1 saturated heterocycles. The molecule has 1 aromatic rings. The lowest BCUT2D eigenvalue weighted by Gasteiger charge is -2.44. The van der Waals surface area contributed by atoms with E-state index in [0.29, 0.717) is 6.04 Å². The number of hydrogen-bond acceptors (Lipinski definition) is 4. The number of aryl methyl sites for hydroxylation is 1. The summed E-state index contributed by atoms with van der Waals surface area (Å²) in [7, 11) is 0. The van der Waals surface area contributed by atoms with Crippen molar-refractivity contribution in [3.63, 3.8) is 0 Å². The first kappa shape index (κ1) is 12.6. The van der Waals surface area contributed by atoms with Crippen LogP contribution in [0.5, 0.6) is 0 Å². The van der Waals surface area contributed by atoms with Crippen LogP contribution in [0.15, 0.2) is 4.52 Å². The van der Waals surface area contributed by atoms with E-state index >= 15 is 0 Å². The highest BCUT2D eigenvalue weighted by atomic mass is 16.5. The molecule has 2 heterocycles. The van der Waals surface area contributed by atoms with Gasteiger partial charge >= 0.3 is 0 Å². The Labute approximate surface area is 103 Å². The van der Waals surface area contributed by atoms with E-state index in [0.717, 1.165) is 18.1 Å². The second kappa shape index (κ2) is 4.77. The Morgan fingerprint density at radius 3 is 2.71 bits per heavy atom. The third-order valence-corrected chi connectivity index (χ3v) is 3.47. The lowest BCUT2D eigenvalue weighted by atomic mass is 9.93. The second-order valence-electron chi connectivity index (χ2n) is 5.95. The molecule has 17 heavy (non-hydrogen) atoms. The third kappa shape index (κ3) is 3.06. The van der Waals surface area contributed by atoms with Crippen molar-refractivity contribution in [2.24, 2.45) is 0 Å². The lowest BCUT2D eigenvalue weighted by Crippen LogP contribution is -2.51. The lowest BCUT2D eigenvalue weighted by molar-refractivity contribution is 0.0478. The van der Waals surface area contributed by atoms with Gasteiger partial charge < -0.3 is 4.52 Å². The molecule has 1 aromatic heterocycles. The molecule has 0 aliphatic carbocycles. The molecule has 1 unspecified atom stereocenters. The highest BCUT2D eigenvalue weighted by molar-refractivity contribution is 4.93. The molecular weight excluding hydrogens is 214 g/mol. The molecule has 0 N–H and O–H groups in total. The Balaban J connectivity index is 2.06. The minimum absolute atomic E-state index is 0.222. The number of likely N-dealkylation sites (tertiary alicyclic amines) is 1. The molecule has 0 amide bonds. The van der Waals surface area contributed by atoms with E-state index in [1.54, 1.807) is 0 Å². The Morgan fingerprint density at radius 1 is 1.35 bits per heavy atom. The molecule has 1 atom stereocenters. The summed E-state index contributed by atoms with van der Waals surface area (Å²) in [6.45, 7) is 9.90. The predicted octanol–water partition coefficient (Wildman–Crippen LogP) is 2.57. The Kier molecular flexibility index (Phi) is 3.52. The molecule has 1 aliphatic rings. The van der Waals surface area contributed by atoms with Crippen LogP contribution in [0.2, 0.25) is 0 Å². The maximum atomic E-state index is 5.24. The van der Waals surface area contributed by atoms with Crippen LogP contribution >= 0.6 is 0 Å². The molecule has 0 spiro atoms. The van der Waals surface area contributed by atoms with Gasteiger partial charge in [-0.1, -0.05) is 11.6 Å². The first-order valence-electron chi connectivity index (χ1n) is 6.53. The molecule has 4 nitrogen and oxygen atoms in total. The summed E-state index contributed by atoms with van der Waals surface area (Å²) >= 11 is 0. The number of hydrogen-bond donors (Lipinski definition) is 0. The molecule has 0 saturated carbocycles. The van der Waals surface area contributed by atoms with Crippen molar-refractivity contribution in [1.29, 1.82) is 0 Å². The van der Waals surface area contributed by atoms with E-state index in [1.165, 1.54) is 25.8 Å². The van der Waals surface area contributed by atoms with Gasteiger partial charge in [0, 0.05) is 18.0 Å². The number of aromatic nitrogens is 2. The van der Waals surface area contributed by atoms with Crippen LogP contribution in [0.1, 0.15) is 51.7 Å². The van der Waals surface area contributed by atoms with E-state index in [4.69, 9.17) is 4.52 Å². The van der Waals surface area contributed by atoms with Crippen molar-refractivity contribution < 1.29 is 4.52 Å². The molecule has 96 valence electrons. The third-order valence-electron chi connectivity index (χ3n) is 3.47. The van der Waals surface area contributed by atoms with E-state index in [2.05, 4.69) is 35.8 Å². The summed E-state index contributed by atoms with van der Waals surface area (Å²) in [6, 6.07) is 0.545. The molecule has 1 aliphatic heterocycles. The zero-order valence-corrected chi connectivity index (χ0v) is 11.4. The van der Waals surface area contributed by atoms with Crippen LogP contribution < -0.4 is 0 Å². The molecule has 0 bridgehead atoms. The van der Waals surface area contributed by atoms with Crippen molar-refractivity contribution >= 4 is 0 Å². The summed E-state index contributed by atoms with van der Waals surface area (Å²) < 4.78 is 5.24. The standard InChI is InChI=1S/C13H23N3O/c1-10-14-12(17-15-10)9-11-7-5-6-8-16(11)13(2,3)4/h11H,5-9H2,1-4H3. The highest BCUT2D eigenvalue weighted by Crippen LogP contribution is 2.27. The van der Waals surface area contributed by atoms with Crippen LogP contribution in [0.3, 0.4) is 0 Å². The van der Waals surface area contributed by atoms with Gasteiger partial charge in [0.1, 0.15) is 0 Å². The van der Waals surface area contributed by atoms with E-state index in [1.807, 2.05) is 6.92 Å². The predicted molar refractivity (Wildman–Crippen MR) is 66.8 cm³/mol. The van der Waals surface area contributed by atoms with Gasteiger partial charge in [0.05, 0.1) is 0 Å². The van der Waals surface area contributed by atoms with Gasteiger partial charge in [-0.2, -0.15) is 4.98 Å². The average molecular weight is 237 g/mol. The number of rotatable bonds is 2. The van der Waals surface area contributed by atoms with Crippen molar-refractivity contribution in [3.8, 4) is 0 Å².